The Kier molecular flexibility index (Phi) is 3.88. The lowest BCUT2D eigenvalue weighted by atomic mass is 10.2. The lowest BCUT2D eigenvalue weighted by Crippen LogP contribution is -2.02. The van der Waals surface area contributed by atoms with Gasteiger partial charge >= 0.3 is 0 Å². The molecule has 0 bridgehead atoms. The summed E-state index contributed by atoms with van der Waals surface area (Å²) >= 11 is 5.45. The highest BCUT2D eigenvalue weighted by Crippen LogP contribution is 2.37. The third kappa shape index (κ3) is 2.90. The van der Waals surface area contributed by atoms with Crippen LogP contribution < -0.4 is 4.74 Å². The molecule has 0 fully saturated rings. The average Bonchev–Trinajstić information content (AvgIpc) is 2.12. The summed E-state index contributed by atoms with van der Waals surface area (Å²) in [6.07, 6.45) is 0. The largest absolute Gasteiger partial charge is 0.504 e. The minimum Gasteiger partial charge on any atom is -0.504 e. The first kappa shape index (κ1) is 13.3. The lowest BCUT2D eigenvalue weighted by molar-refractivity contribution is 0.366. The number of hydrogen-bond donors (Lipinski definition) is 1. The van der Waals surface area contributed by atoms with Crippen molar-refractivity contribution < 1.29 is 22.7 Å². The summed E-state index contributed by atoms with van der Waals surface area (Å²) < 4.78 is 39.9. The molecule has 1 N–H and O–H groups in total. The van der Waals surface area contributed by atoms with Gasteiger partial charge in [0.25, 0.3) is 0 Å². The Bertz CT molecular complexity index is 515. The van der Waals surface area contributed by atoms with Gasteiger partial charge in [0.15, 0.2) is 11.5 Å². The number of halogens is 3. The predicted molar refractivity (Wildman–Crippen MR) is 58.1 cm³/mol. The van der Waals surface area contributed by atoms with E-state index in [1.54, 1.807) is 0 Å². The van der Waals surface area contributed by atoms with Crippen LogP contribution in [0.25, 0.3) is 0 Å². The fourth-order valence-electron chi connectivity index (χ4n) is 1.18. The van der Waals surface area contributed by atoms with E-state index in [2.05, 4.69) is 4.74 Å². The summed E-state index contributed by atoms with van der Waals surface area (Å²) in [5, 5.41) is 8.97. The van der Waals surface area contributed by atoms with Gasteiger partial charge in [-0.25, -0.2) is 12.8 Å². The fourth-order valence-corrected chi connectivity index (χ4v) is 2.32. The van der Waals surface area contributed by atoms with E-state index in [0.717, 1.165) is 13.2 Å². The SMILES string of the molecule is COc1c(O)cc(Cl)c(F)c1CS(=O)(=O)Cl. The Morgan fingerprint density at radius 1 is 1.56 bits per heavy atom. The minimum absolute atomic E-state index is 0.300. The summed E-state index contributed by atoms with van der Waals surface area (Å²) in [4.78, 5) is 0. The number of phenolic OH excluding ortho intramolecular Hbond substituents is 1. The first-order chi connectivity index (χ1) is 7.26. The van der Waals surface area contributed by atoms with Gasteiger partial charge in [-0.3, -0.25) is 0 Å². The van der Waals surface area contributed by atoms with Crippen LogP contribution in [-0.2, 0) is 14.8 Å². The number of phenols is 1. The molecule has 0 aliphatic heterocycles. The number of ether oxygens (including phenoxy) is 1. The van der Waals surface area contributed by atoms with E-state index in [1.807, 2.05) is 0 Å². The van der Waals surface area contributed by atoms with Gasteiger partial charge in [-0.05, 0) is 0 Å². The molecule has 0 saturated heterocycles. The molecule has 8 heteroatoms. The molecule has 0 unspecified atom stereocenters. The first-order valence-corrected chi connectivity index (χ1v) is 6.78. The minimum atomic E-state index is -3.98. The molecule has 0 aromatic heterocycles. The van der Waals surface area contributed by atoms with Crippen LogP contribution >= 0.6 is 22.3 Å². The molecular formula is C8H7Cl2FO4S. The zero-order valence-corrected chi connectivity index (χ0v) is 10.3. The second kappa shape index (κ2) is 4.65. The molecule has 0 spiro atoms. The monoisotopic (exact) mass is 288 g/mol. The first-order valence-electron chi connectivity index (χ1n) is 3.92. The van der Waals surface area contributed by atoms with Gasteiger partial charge < -0.3 is 9.84 Å². The highest BCUT2D eigenvalue weighted by atomic mass is 35.7. The summed E-state index contributed by atoms with van der Waals surface area (Å²) in [6.45, 7) is 0. The predicted octanol–water partition coefficient (Wildman–Crippen LogP) is 2.26. The van der Waals surface area contributed by atoms with E-state index in [4.69, 9.17) is 22.3 Å². The molecule has 1 aromatic rings. The van der Waals surface area contributed by atoms with Crippen LogP contribution in [0, 0.1) is 5.82 Å². The zero-order valence-electron chi connectivity index (χ0n) is 8.00. The van der Waals surface area contributed by atoms with E-state index in [1.165, 1.54) is 0 Å². The van der Waals surface area contributed by atoms with Crippen molar-refractivity contribution in [3.8, 4) is 11.5 Å². The number of rotatable bonds is 3. The summed E-state index contributed by atoms with van der Waals surface area (Å²) in [5.74, 6) is -2.56. The molecule has 0 atom stereocenters. The summed E-state index contributed by atoms with van der Waals surface area (Å²) in [6, 6.07) is 0.917. The van der Waals surface area contributed by atoms with Crippen molar-refractivity contribution in [3.63, 3.8) is 0 Å². The molecule has 1 rings (SSSR count). The highest BCUT2D eigenvalue weighted by molar-refractivity contribution is 8.13. The number of benzene rings is 1. The van der Waals surface area contributed by atoms with Gasteiger partial charge in [0.2, 0.25) is 9.05 Å². The normalized spacial score (nSPS) is 11.5. The Balaban J connectivity index is 3.45. The molecule has 0 aliphatic carbocycles. The fraction of sp³-hybridized carbons (Fsp3) is 0.250. The van der Waals surface area contributed by atoms with Crippen molar-refractivity contribution in [2.24, 2.45) is 0 Å². The molecule has 0 saturated carbocycles. The topological polar surface area (TPSA) is 63.6 Å². The van der Waals surface area contributed by atoms with Crippen LogP contribution in [0.2, 0.25) is 5.02 Å². The van der Waals surface area contributed by atoms with Crippen molar-refractivity contribution in [1.29, 1.82) is 0 Å². The Labute approximate surface area is 101 Å². The second-order valence-electron chi connectivity index (χ2n) is 2.89. The third-order valence-electron chi connectivity index (χ3n) is 1.77. The zero-order chi connectivity index (χ0) is 12.5. The van der Waals surface area contributed by atoms with Gasteiger partial charge in [-0.2, -0.15) is 0 Å². The van der Waals surface area contributed by atoms with Crippen LogP contribution in [0.3, 0.4) is 0 Å². The standard InChI is InChI=1S/C8H7Cl2FO4S/c1-15-8-4(3-16(10,13)14)7(11)5(9)2-6(8)12/h2,12H,3H2,1H3. The van der Waals surface area contributed by atoms with Crippen molar-refractivity contribution in [2.45, 2.75) is 5.75 Å². The van der Waals surface area contributed by atoms with Crippen molar-refractivity contribution >= 4 is 31.3 Å². The molecule has 0 aliphatic rings. The van der Waals surface area contributed by atoms with E-state index < -0.39 is 37.0 Å². The van der Waals surface area contributed by atoms with Crippen LogP contribution in [-0.4, -0.2) is 20.6 Å². The van der Waals surface area contributed by atoms with Crippen molar-refractivity contribution in [3.05, 3.63) is 22.5 Å². The highest BCUT2D eigenvalue weighted by Gasteiger charge is 2.22. The van der Waals surface area contributed by atoms with Crippen LogP contribution in [0.4, 0.5) is 4.39 Å². The molecule has 1 aromatic carbocycles. The van der Waals surface area contributed by atoms with Gasteiger partial charge in [-0.15, -0.1) is 0 Å². The Morgan fingerprint density at radius 2 is 2.12 bits per heavy atom. The van der Waals surface area contributed by atoms with Crippen LogP contribution in [0.15, 0.2) is 6.07 Å². The van der Waals surface area contributed by atoms with E-state index in [-0.39, 0.29) is 5.75 Å². The Hall–Kier alpha value is -0.720. The average molecular weight is 289 g/mol. The van der Waals surface area contributed by atoms with Crippen LogP contribution in [0.1, 0.15) is 5.56 Å². The van der Waals surface area contributed by atoms with Crippen LogP contribution in [0.5, 0.6) is 11.5 Å². The van der Waals surface area contributed by atoms with Crippen molar-refractivity contribution in [2.75, 3.05) is 7.11 Å². The van der Waals surface area contributed by atoms with E-state index in [0.29, 0.717) is 0 Å². The third-order valence-corrected chi connectivity index (χ3v) is 3.00. The number of methoxy groups -OCH3 is 1. The molecule has 0 amide bonds. The maximum absolute atomic E-state index is 13.5. The maximum Gasteiger partial charge on any atom is 0.237 e. The van der Waals surface area contributed by atoms with Gasteiger partial charge in [0, 0.05) is 16.7 Å². The molecule has 0 radical (unpaired) electrons. The molecule has 90 valence electrons. The second-order valence-corrected chi connectivity index (χ2v) is 6.07. The summed E-state index contributed by atoms with van der Waals surface area (Å²) in [5.41, 5.74) is -0.400. The quantitative estimate of drug-likeness (QED) is 0.867. The van der Waals surface area contributed by atoms with Gasteiger partial charge in [0.1, 0.15) is 5.82 Å². The summed E-state index contributed by atoms with van der Waals surface area (Å²) in [7, 11) is 2.17. The smallest absolute Gasteiger partial charge is 0.237 e. The van der Waals surface area contributed by atoms with Gasteiger partial charge in [-0.1, -0.05) is 11.6 Å². The van der Waals surface area contributed by atoms with E-state index >= 15 is 0 Å². The van der Waals surface area contributed by atoms with Gasteiger partial charge in [0.05, 0.1) is 23.4 Å². The molecule has 16 heavy (non-hydrogen) atoms. The maximum atomic E-state index is 13.5. The molecule has 0 heterocycles. The Morgan fingerprint density at radius 3 is 2.56 bits per heavy atom. The molecule has 4 nitrogen and oxygen atoms in total. The van der Waals surface area contributed by atoms with Crippen molar-refractivity contribution in [1.82, 2.24) is 0 Å². The number of aromatic hydroxyl groups is 1. The number of hydrogen-bond acceptors (Lipinski definition) is 4. The molecular weight excluding hydrogens is 282 g/mol. The lowest BCUT2D eigenvalue weighted by Gasteiger charge is -2.11. The van der Waals surface area contributed by atoms with E-state index in [9.17, 15) is 17.9 Å².